The Labute approximate surface area is 222 Å². The lowest BCUT2D eigenvalue weighted by Gasteiger charge is -2.18. The zero-order valence-electron chi connectivity index (χ0n) is 20.8. The van der Waals surface area contributed by atoms with E-state index < -0.39 is 32.9 Å². The van der Waals surface area contributed by atoms with E-state index in [0.29, 0.717) is 28.4 Å². The molecule has 9 nitrogen and oxygen atoms in total. The van der Waals surface area contributed by atoms with Crippen LogP contribution in [0.3, 0.4) is 0 Å². The van der Waals surface area contributed by atoms with E-state index >= 15 is 0 Å². The highest BCUT2D eigenvalue weighted by atomic mass is 32.2. The predicted molar refractivity (Wildman–Crippen MR) is 146 cm³/mol. The first-order valence-electron chi connectivity index (χ1n) is 11.6. The first-order valence-corrected chi connectivity index (χ1v) is 13.1. The Morgan fingerprint density at radius 3 is 2.38 bits per heavy atom. The molecular formula is C27H22F2N6O3S. The molecule has 0 atom stereocenters. The Kier molecular flexibility index (Phi) is 6.48. The van der Waals surface area contributed by atoms with Crippen LogP contribution >= 0.6 is 0 Å². The van der Waals surface area contributed by atoms with Crippen molar-refractivity contribution in [2.24, 2.45) is 0 Å². The van der Waals surface area contributed by atoms with Crippen LogP contribution in [0.15, 0.2) is 88.7 Å². The molecule has 5 rings (SSSR count). The zero-order chi connectivity index (χ0) is 27.9. The van der Waals surface area contributed by atoms with E-state index in [-0.39, 0.29) is 22.0 Å². The molecule has 3 aromatic carbocycles. The number of rotatable bonds is 6. The number of anilines is 3. The Balaban J connectivity index is 1.64. The van der Waals surface area contributed by atoms with Gasteiger partial charge in [0.25, 0.3) is 15.6 Å². The number of benzene rings is 3. The van der Waals surface area contributed by atoms with Crippen LogP contribution in [-0.2, 0) is 10.0 Å². The van der Waals surface area contributed by atoms with E-state index in [0.717, 1.165) is 12.1 Å². The Hall–Kier alpha value is -4.84. The van der Waals surface area contributed by atoms with Crippen molar-refractivity contribution in [3.05, 3.63) is 101 Å². The van der Waals surface area contributed by atoms with Gasteiger partial charge in [0, 0.05) is 31.9 Å². The summed E-state index contributed by atoms with van der Waals surface area (Å²) in [5.74, 6) is -1.79. The summed E-state index contributed by atoms with van der Waals surface area (Å²) in [7, 11) is -1.15. The molecule has 0 amide bonds. The highest BCUT2D eigenvalue weighted by molar-refractivity contribution is 7.92. The van der Waals surface area contributed by atoms with E-state index in [1.54, 1.807) is 56.6 Å². The van der Waals surface area contributed by atoms with Crippen LogP contribution in [0.5, 0.6) is 0 Å². The lowest BCUT2D eigenvalue weighted by Crippen LogP contribution is -2.23. The Bertz CT molecular complexity index is 1890. The number of nitrogens with one attached hydrogen (secondary N) is 1. The number of hydrogen-bond donors (Lipinski definition) is 2. The van der Waals surface area contributed by atoms with Crippen LogP contribution in [0.1, 0.15) is 0 Å². The van der Waals surface area contributed by atoms with E-state index in [1.165, 1.54) is 21.7 Å². The minimum atomic E-state index is -4.37. The summed E-state index contributed by atoms with van der Waals surface area (Å²) in [6.07, 6.45) is 1.47. The maximum absolute atomic E-state index is 14.2. The lowest BCUT2D eigenvalue weighted by molar-refractivity contribution is 0.582. The highest BCUT2D eigenvalue weighted by Gasteiger charge is 2.24. The molecule has 0 radical (unpaired) electrons. The first kappa shape index (κ1) is 25.8. The van der Waals surface area contributed by atoms with Gasteiger partial charge in [-0.15, -0.1) is 0 Å². The van der Waals surface area contributed by atoms with Crippen molar-refractivity contribution in [2.75, 3.05) is 29.5 Å². The SMILES string of the molecule is CN(C)c1ncc(-c2ccc3nc(N)n(-c4ccccc4)c(=O)c3c2)cc1S(=O)(=O)Nc1ccc(F)cc1F. The van der Waals surface area contributed by atoms with Gasteiger partial charge in [-0.05, 0) is 48.0 Å². The smallest absolute Gasteiger partial charge is 0.267 e. The molecule has 2 aromatic heterocycles. The van der Waals surface area contributed by atoms with Crippen LogP contribution in [0.25, 0.3) is 27.7 Å². The summed E-state index contributed by atoms with van der Waals surface area (Å²) in [6.45, 7) is 0. The molecule has 198 valence electrons. The standard InChI is InChI=1S/C27H22F2N6O3S/c1-34(2)25-24(39(37,38)33-23-11-9-18(28)14-21(23)29)13-17(15-31-25)16-8-10-22-20(12-16)26(36)35(27(30)32-22)19-6-4-3-5-7-19/h3-15,33H,1-2H3,(H2,30,32). The number of hydrogen-bond acceptors (Lipinski definition) is 7. The van der Waals surface area contributed by atoms with E-state index in [2.05, 4.69) is 14.7 Å². The third kappa shape index (κ3) is 4.89. The number of pyridine rings is 1. The summed E-state index contributed by atoms with van der Waals surface area (Å²) in [5.41, 5.74) is 7.05. The summed E-state index contributed by atoms with van der Waals surface area (Å²) in [5, 5.41) is 0.262. The third-order valence-corrected chi connectivity index (χ3v) is 7.33. The van der Waals surface area contributed by atoms with Crippen LogP contribution in [0.2, 0.25) is 0 Å². The normalized spacial score (nSPS) is 11.5. The van der Waals surface area contributed by atoms with Gasteiger partial charge in [-0.1, -0.05) is 24.3 Å². The number of fused-ring (bicyclic) bond motifs is 1. The second kappa shape index (κ2) is 9.80. The number of sulfonamides is 1. The second-order valence-electron chi connectivity index (χ2n) is 8.85. The molecule has 5 aromatic rings. The number of aromatic nitrogens is 3. The fraction of sp³-hybridized carbons (Fsp3) is 0.0741. The molecule has 0 aliphatic heterocycles. The van der Waals surface area contributed by atoms with Gasteiger partial charge in [0.2, 0.25) is 5.95 Å². The fourth-order valence-corrected chi connectivity index (χ4v) is 5.43. The second-order valence-corrected chi connectivity index (χ2v) is 10.5. The Morgan fingerprint density at radius 2 is 1.69 bits per heavy atom. The molecule has 0 aliphatic carbocycles. The average molecular weight is 549 g/mol. The van der Waals surface area contributed by atoms with Gasteiger partial charge < -0.3 is 10.6 Å². The molecule has 0 unspecified atom stereocenters. The molecular weight excluding hydrogens is 526 g/mol. The van der Waals surface area contributed by atoms with Crippen molar-refractivity contribution in [1.82, 2.24) is 14.5 Å². The average Bonchev–Trinajstić information content (AvgIpc) is 2.90. The van der Waals surface area contributed by atoms with Crippen molar-refractivity contribution in [1.29, 1.82) is 0 Å². The maximum Gasteiger partial charge on any atom is 0.267 e. The van der Waals surface area contributed by atoms with Gasteiger partial charge in [0.05, 0.1) is 22.3 Å². The molecule has 0 aliphatic rings. The van der Waals surface area contributed by atoms with Gasteiger partial charge in [-0.25, -0.2) is 31.7 Å². The highest BCUT2D eigenvalue weighted by Crippen LogP contribution is 2.31. The topological polar surface area (TPSA) is 123 Å². The molecule has 0 fully saturated rings. The van der Waals surface area contributed by atoms with Gasteiger partial charge >= 0.3 is 0 Å². The first-order chi connectivity index (χ1) is 18.5. The quantitative estimate of drug-likeness (QED) is 0.326. The number of nitrogen functional groups attached to an aromatic ring is 1. The molecule has 2 heterocycles. The predicted octanol–water partition coefficient (Wildman–Crippen LogP) is 4.17. The van der Waals surface area contributed by atoms with Crippen molar-refractivity contribution in [2.45, 2.75) is 4.90 Å². The van der Waals surface area contributed by atoms with Gasteiger partial charge in [0.15, 0.2) is 0 Å². The molecule has 0 spiro atoms. The lowest BCUT2D eigenvalue weighted by atomic mass is 10.1. The van der Waals surface area contributed by atoms with Crippen molar-refractivity contribution in [3.63, 3.8) is 0 Å². The van der Waals surface area contributed by atoms with E-state index in [4.69, 9.17) is 5.73 Å². The summed E-state index contributed by atoms with van der Waals surface area (Å²) >= 11 is 0. The Morgan fingerprint density at radius 1 is 0.949 bits per heavy atom. The van der Waals surface area contributed by atoms with Crippen LogP contribution in [0, 0.1) is 11.6 Å². The van der Waals surface area contributed by atoms with Crippen LogP contribution in [0.4, 0.5) is 26.2 Å². The summed E-state index contributed by atoms with van der Waals surface area (Å²) in [4.78, 5) is 23.3. The fourth-order valence-electron chi connectivity index (χ4n) is 4.11. The molecule has 12 heteroatoms. The van der Waals surface area contributed by atoms with Crippen molar-refractivity contribution >= 4 is 38.4 Å². The number of nitrogens with two attached hydrogens (primary N) is 1. The number of halogens is 2. The molecule has 3 N–H and O–H groups in total. The van der Waals surface area contributed by atoms with Crippen molar-refractivity contribution in [3.8, 4) is 16.8 Å². The minimum Gasteiger partial charge on any atom is -0.369 e. The monoisotopic (exact) mass is 548 g/mol. The molecule has 0 saturated heterocycles. The third-order valence-electron chi connectivity index (χ3n) is 5.96. The van der Waals surface area contributed by atoms with Crippen LogP contribution < -0.4 is 20.9 Å². The zero-order valence-corrected chi connectivity index (χ0v) is 21.6. The minimum absolute atomic E-state index is 0.0240. The van der Waals surface area contributed by atoms with E-state index in [9.17, 15) is 22.0 Å². The van der Waals surface area contributed by atoms with E-state index in [1.807, 2.05) is 6.07 Å². The molecule has 39 heavy (non-hydrogen) atoms. The molecule has 0 saturated carbocycles. The summed E-state index contributed by atoms with van der Waals surface area (Å²) < 4.78 is 57.7. The van der Waals surface area contributed by atoms with Gasteiger partial charge in [0.1, 0.15) is 22.3 Å². The maximum atomic E-state index is 14.2. The number of para-hydroxylation sites is 1. The van der Waals surface area contributed by atoms with Gasteiger partial charge in [-0.3, -0.25) is 9.52 Å². The molecule has 0 bridgehead atoms. The van der Waals surface area contributed by atoms with Gasteiger partial charge in [-0.2, -0.15) is 0 Å². The largest absolute Gasteiger partial charge is 0.369 e. The van der Waals surface area contributed by atoms with Crippen molar-refractivity contribution < 1.29 is 17.2 Å². The van der Waals surface area contributed by atoms with Crippen LogP contribution in [-0.4, -0.2) is 37.0 Å². The number of nitrogens with zero attached hydrogens (tertiary/aromatic N) is 4. The summed E-state index contributed by atoms with van der Waals surface area (Å²) in [6, 6.07) is 17.6.